The molecule has 3 aromatic carbocycles. The van der Waals surface area contributed by atoms with Crippen molar-refractivity contribution < 1.29 is 33.3 Å². The molecule has 45 heavy (non-hydrogen) atoms. The molecule has 1 saturated carbocycles. The summed E-state index contributed by atoms with van der Waals surface area (Å²) >= 11 is 0. The number of likely N-dealkylation sites (tertiary alicyclic amines) is 1. The zero-order chi connectivity index (χ0) is 31.8. The molecule has 2 saturated heterocycles. The molecule has 2 aliphatic heterocycles. The highest BCUT2D eigenvalue weighted by Crippen LogP contribution is 2.55. The van der Waals surface area contributed by atoms with Crippen LogP contribution in [0.2, 0.25) is 5.04 Å². The number of aliphatic hydroxyl groups is 1. The zero-order valence-electron chi connectivity index (χ0n) is 26.4. The Bertz CT molecular complexity index is 1440. The van der Waals surface area contributed by atoms with Gasteiger partial charge in [-0.25, -0.2) is 9.59 Å². The molecule has 8 nitrogen and oxygen atoms in total. The minimum Gasteiger partial charge on any atom is -0.467 e. The van der Waals surface area contributed by atoms with Gasteiger partial charge < -0.3 is 23.7 Å². The van der Waals surface area contributed by atoms with Gasteiger partial charge in [0.05, 0.1) is 31.0 Å². The number of carbonyl (C=O) groups excluding carboxylic acids is 2. The number of fused-ring (bicyclic) bond motifs is 2. The van der Waals surface area contributed by atoms with Gasteiger partial charge in [-0.1, -0.05) is 112 Å². The van der Waals surface area contributed by atoms with Gasteiger partial charge in [-0.3, -0.25) is 4.90 Å². The normalized spacial score (nSPS) is 27.3. The Labute approximate surface area is 266 Å². The summed E-state index contributed by atoms with van der Waals surface area (Å²) in [7, 11) is -1.49. The largest absolute Gasteiger partial charge is 0.467 e. The average Bonchev–Trinajstić information content (AvgIpc) is 3.75. The lowest BCUT2D eigenvalue weighted by Gasteiger charge is -2.44. The first-order valence-corrected chi connectivity index (χ1v) is 17.7. The van der Waals surface area contributed by atoms with E-state index in [0.29, 0.717) is 19.4 Å². The molecule has 2 heterocycles. The van der Waals surface area contributed by atoms with E-state index in [4.69, 9.17) is 18.6 Å². The lowest BCUT2D eigenvalue weighted by Crippen LogP contribution is -2.66. The summed E-state index contributed by atoms with van der Waals surface area (Å²) in [6.07, 6.45) is 0.0973. The van der Waals surface area contributed by atoms with Crippen molar-refractivity contribution in [3.63, 3.8) is 0 Å². The summed E-state index contributed by atoms with van der Waals surface area (Å²) in [4.78, 5) is 28.0. The minimum absolute atomic E-state index is 0.0568. The summed E-state index contributed by atoms with van der Waals surface area (Å²) in [6, 6.07) is 28.7. The molecule has 238 valence electrons. The second-order valence-corrected chi connectivity index (χ2v) is 17.8. The lowest BCUT2D eigenvalue weighted by atomic mass is 9.70. The van der Waals surface area contributed by atoms with Crippen molar-refractivity contribution in [2.45, 2.75) is 81.6 Å². The van der Waals surface area contributed by atoms with Crippen LogP contribution in [0.3, 0.4) is 0 Å². The second kappa shape index (κ2) is 12.4. The van der Waals surface area contributed by atoms with E-state index in [1.54, 1.807) is 0 Å². The molecule has 0 bridgehead atoms. The molecule has 3 aromatic rings. The summed E-state index contributed by atoms with van der Waals surface area (Å²) in [5.41, 5.74) is -0.528. The zero-order valence-corrected chi connectivity index (χ0v) is 27.4. The van der Waals surface area contributed by atoms with E-state index < -0.39 is 38.1 Å². The molecule has 0 unspecified atom stereocenters. The van der Waals surface area contributed by atoms with Crippen molar-refractivity contribution in [3.8, 4) is 0 Å². The highest BCUT2D eigenvalue weighted by molar-refractivity contribution is 6.99. The fraction of sp³-hybridized carbons (Fsp3) is 0.444. The van der Waals surface area contributed by atoms with E-state index in [0.717, 1.165) is 5.56 Å². The van der Waals surface area contributed by atoms with Crippen LogP contribution in [-0.4, -0.2) is 74.0 Å². The number of carbonyl (C=O) groups is 2. The highest BCUT2D eigenvalue weighted by atomic mass is 28.4. The van der Waals surface area contributed by atoms with Crippen LogP contribution in [0.5, 0.6) is 0 Å². The molecule has 1 aliphatic carbocycles. The average molecular weight is 630 g/mol. The lowest BCUT2D eigenvalue weighted by molar-refractivity contribution is -0.145. The van der Waals surface area contributed by atoms with E-state index in [1.165, 1.54) is 22.4 Å². The smallest absolute Gasteiger partial charge is 0.411 e. The van der Waals surface area contributed by atoms with Crippen molar-refractivity contribution in [1.29, 1.82) is 0 Å². The summed E-state index contributed by atoms with van der Waals surface area (Å²) < 4.78 is 24.1. The van der Waals surface area contributed by atoms with E-state index in [1.807, 2.05) is 42.5 Å². The number of amides is 1. The van der Waals surface area contributed by atoms with Crippen LogP contribution >= 0.6 is 0 Å². The number of hydrogen-bond acceptors (Lipinski definition) is 7. The van der Waals surface area contributed by atoms with E-state index in [-0.39, 0.29) is 36.2 Å². The van der Waals surface area contributed by atoms with Crippen LogP contribution < -0.4 is 10.4 Å². The number of esters is 1. The molecular formula is C36H43NO7Si. The molecule has 9 heteroatoms. The van der Waals surface area contributed by atoms with Gasteiger partial charge in [-0.15, -0.1) is 0 Å². The maximum Gasteiger partial charge on any atom is 0.411 e. The van der Waals surface area contributed by atoms with Crippen molar-refractivity contribution in [2.24, 2.45) is 5.92 Å². The van der Waals surface area contributed by atoms with Gasteiger partial charge in [0.25, 0.3) is 8.32 Å². The first-order chi connectivity index (χ1) is 21.6. The third kappa shape index (κ3) is 5.71. The minimum atomic E-state index is -2.79. The molecule has 1 amide bonds. The highest BCUT2D eigenvalue weighted by Gasteiger charge is 2.69. The van der Waals surface area contributed by atoms with Crippen LogP contribution in [0.15, 0.2) is 91.0 Å². The third-order valence-corrected chi connectivity index (χ3v) is 15.0. The maximum atomic E-state index is 13.6. The quantitative estimate of drug-likeness (QED) is 0.213. The Morgan fingerprint density at radius 1 is 0.956 bits per heavy atom. The Kier molecular flexibility index (Phi) is 8.65. The Morgan fingerprint density at radius 2 is 1.53 bits per heavy atom. The molecule has 0 radical (unpaired) electrons. The van der Waals surface area contributed by atoms with E-state index in [2.05, 4.69) is 69.3 Å². The molecule has 3 fully saturated rings. The molecule has 0 aromatic heterocycles. The molecule has 0 spiro atoms. The molecule has 6 atom stereocenters. The summed E-state index contributed by atoms with van der Waals surface area (Å²) in [6.45, 7) is 7.16. The van der Waals surface area contributed by atoms with Gasteiger partial charge in [0.1, 0.15) is 12.6 Å². The Balaban J connectivity index is 1.26. The van der Waals surface area contributed by atoms with Gasteiger partial charge in [-0.05, 0) is 33.8 Å². The Hall–Kier alpha value is -3.50. The monoisotopic (exact) mass is 629 g/mol. The van der Waals surface area contributed by atoms with Gasteiger partial charge in [0.15, 0.2) is 0 Å². The van der Waals surface area contributed by atoms with E-state index in [9.17, 15) is 14.7 Å². The van der Waals surface area contributed by atoms with Crippen molar-refractivity contribution in [1.82, 2.24) is 4.90 Å². The first kappa shape index (κ1) is 31.5. The van der Waals surface area contributed by atoms with Crippen molar-refractivity contribution in [3.05, 3.63) is 96.6 Å². The molecule has 1 N–H and O–H groups in total. The number of benzene rings is 3. The fourth-order valence-electron chi connectivity index (χ4n) is 7.82. The number of ether oxygens (including phenoxy) is 3. The first-order valence-electron chi connectivity index (χ1n) is 15.8. The maximum absolute atomic E-state index is 13.6. The fourth-order valence-corrected chi connectivity index (χ4v) is 12.4. The van der Waals surface area contributed by atoms with Crippen molar-refractivity contribution in [2.75, 3.05) is 13.7 Å². The van der Waals surface area contributed by atoms with Crippen LogP contribution in [0.25, 0.3) is 0 Å². The van der Waals surface area contributed by atoms with Gasteiger partial charge in [-0.2, -0.15) is 0 Å². The van der Waals surface area contributed by atoms with E-state index >= 15 is 0 Å². The number of methoxy groups -OCH3 is 1. The molecule has 3 aliphatic rings. The number of epoxide rings is 1. The van der Waals surface area contributed by atoms with Crippen LogP contribution in [0.4, 0.5) is 4.79 Å². The predicted molar refractivity (Wildman–Crippen MR) is 173 cm³/mol. The predicted octanol–water partition coefficient (Wildman–Crippen LogP) is 4.42. The van der Waals surface area contributed by atoms with Crippen molar-refractivity contribution >= 4 is 30.8 Å². The van der Waals surface area contributed by atoms with Crippen LogP contribution in [0, 0.1) is 5.92 Å². The van der Waals surface area contributed by atoms with Gasteiger partial charge in [0, 0.05) is 18.9 Å². The summed E-state index contributed by atoms with van der Waals surface area (Å²) in [5.74, 6) is -0.898. The van der Waals surface area contributed by atoms with Crippen LogP contribution in [0.1, 0.15) is 45.6 Å². The van der Waals surface area contributed by atoms with Gasteiger partial charge >= 0.3 is 12.1 Å². The van der Waals surface area contributed by atoms with Gasteiger partial charge in [0.2, 0.25) is 0 Å². The van der Waals surface area contributed by atoms with Crippen LogP contribution in [-0.2, 0) is 30.0 Å². The summed E-state index contributed by atoms with van der Waals surface area (Å²) in [5, 5.41) is 14.6. The topological polar surface area (TPSA) is 97.8 Å². The number of hydrogen-bond donors (Lipinski definition) is 1. The third-order valence-electron chi connectivity index (χ3n) is 9.94. The number of nitrogens with zero attached hydrogens (tertiary/aromatic N) is 1. The molecular weight excluding hydrogens is 586 g/mol. The second-order valence-electron chi connectivity index (χ2n) is 13.5. The number of rotatable bonds is 9. The Morgan fingerprint density at radius 3 is 2.09 bits per heavy atom. The standard InChI is InChI=1S/C36H43NO7Si/c1-35(2,3)45(26-16-10-6-11-17-26,27-18-12-7-13-19-27)43-21-20-28-32-30(44-32)22-31-36(28,40)23-29(33(38)41-4)37(31)34(39)42-24-25-14-8-5-9-15-25/h5-19,28-32,40H,20-24H2,1-4H3/t28-,29+,30-,31-,32+,36-/m1/s1. The molecule has 6 rings (SSSR count). The SMILES string of the molecule is COC(=O)[C@@H]1C[C@@]2(O)[C@H](CCO[Si](c3ccccc3)(c3ccccc3)C(C)(C)C)[C@@H]3O[C@@H]3C[C@H]2N1C(=O)OCc1ccccc1.